The van der Waals surface area contributed by atoms with Crippen molar-refractivity contribution in [3.63, 3.8) is 0 Å². The summed E-state index contributed by atoms with van der Waals surface area (Å²) in [4.78, 5) is 41.0. The average molecular weight is 360 g/mol. The van der Waals surface area contributed by atoms with Gasteiger partial charge in [0.2, 0.25) is 17.7 Å². The van der Waals surface area contributed by atoms with E-state index in [0.29, 0.717) is 0 Å². The van der Waals surface area contributed by atoms with Crippen LogP contribution in [0.2, 0.25) is 0 Å². The molecule has 0 aromatic carbocycles. The Labute approximate surface area is 152 Å². The van der Waals surface area contributed by atoms with Crippen LogP contribution < -0.4 is 0 Å². The second kappa shape index (κ2) is 6.90. The molecule has 1 saturated carbocycles. The van der Waals surface area contributed by atoms with Crippen molar-refractivity contribution in [3.8, 4) is 0 Å². The molecule has 1 aliphatic carbocycles. The summed E-state index contributed by atoms with van der Waals surface area (Å²) < 4.78 is 0. The largest absolute Gasteiger partial charge is 0.336 e. The molecule has 2 saturated heterocycles. The van der Waals surface area contributed by atoms with Crippen LogP contribution in [0.3, 0.4) is 0 Å². The molecule has 0 radical (unpaired) electrons. The van der Waals surface area contributed by atoms with E-state index in [4.69, 9.17) is 0 Å². The normalized spacial score (nSPS) is 29.4. The maximum Gasteiger partial charge on any atom is 0.233 e. The van der Waals surface area contributed by atoms with Gasteiger partial charge < -0.3 is 4.90 Å². The quantitative estimate of drug-likeness (QED) is 0.776. The zero-order valence-electron chi connectivity index (χ0n) is 14.4. The number of hydrogen-bond donors (Lipinski definition) is 0. The van der Waals surface area contributed by atoms with Crippen molar-refractivity contribution >= 4 is 29.1 Å². The van der Waals surface area contributed by atoms with Crippen LogP contribution in [-0.4, -0.2) is 40.6 Å². The first-order valence-electron chi connectivity index (χ1n) is 9.33. The molecule has 3 fully saturated rings. The summed E-state index contributed by atoms with van der Waals surface area (Å²) in [5.74, 6) is -0.274. The minimum atomic E-state index is -0.123. The van der Waals surface area contributed by atoms with Gasteiger partial charge in [-0.05, 0) is 48.1 Å². The van der Waals surface area contributed by atoms with E-state index in [-0.39, 0.29) is 48.6 Å². The maximum atomic E-state index is 12.7. The molecule has 6 heteroatoms. The first-order chi connectivity index (χ1) is 12.2. The van der Waals surface area contributed by atoms with Crippen molar-refractivity contribution in [2.45, 2.75) is 51.0 Å². The van der Waals surface area contributed by atoms with Gasteiger partial charge in [0.25, 0.3) is 0 Å². The summed E-state index contributed by atoms with van der Waals surface area (Å²) in [7, 11) is 0. The topological polar surface area (TPSA) is 57.7 Å². The van der Waals surface area contributed by atoms with E-state index >= 15 is 0 Å². The van der Waals surface area contributed by atoms with Gasteiger partial charge in [0.15, 0.2) is 0 Å². The summed E-state index contributed by atoms with van der Waals surface area (Å²) in [6.07, 6.45) is 5.97. The highest BCUT2D eigenvalue weighted by molar-refractivity contribution is 7.08. The minimum absolute atomic E-state index is 0.0432. The van der Waals surface area contributed by atoms with E-state index in [1.54, 1.807) is 11.3 Å². The zero-order chi connectivity index (χ0) is 17.4. The van der Waals surface area contributed by atoms with Crippen molar-refractivity contribution in [2.24, 2.45) is 11.8 Å². The first-order valence-corrected chi connectivity index (χ1v) is 10.3. The zero-order valence-corrected chi connectivity index (χ0v) is 15.2. The van der Waals surface area contributed by atoms with E-state index in [2.05, 4.69) is 11.4 Å². The fourth-order valence-corrected chi connectivity index (χ4v) is 5.39. The van der Waals surface area contributed by atoms with Crippen molar-refractivity contribution < 1.29 is 14.4 Å². The molecule has 0 bridgehead atoms. The van der Waals surface area contributed by atoms with Gasteiger partial charge >= 0.3 is 0 Å². The number of thiophene rings is 1. The third-order valence-corrected chi connectivity index (χ3v) is 6.68. The van der Waals surface area contributed by atoms with Crippen molar-refractivity contribution in [3.05, 3.63) is 22.4 Å². The lowest BCUT2D eigenvalue weighted by Gasteiger charge is -2.25. The number of rotatable bonds is 4. The lowest BCUT2D eigenvalue weighted by Crippen LogP contribution is -2.37. The predicted molar refractivity (Wildman–Crippen MR) is 94.8 cm³/mol. The van der Waals surface area contributed by atoms with Crippen molar-refractivity contribution in [1.29, 1.82) is 0 Å². The van der Waals surface area contributed by atoms with Crippen LogP contribution in [-0.2, 0) is 14.4 Å². The molecule has 4 rings (SSSR count). The molecule has 0 unspecified atom stereocenters. The Hall–Kier alpha value is -1.69. The Kier molecular flexibility index (Phi) is 4.63. The second-order valence-electron chi connectivity index (χ2n) is 7.38. The molecule has 3 atom stereocenters. The highest BCUT2D eigenvalue weighted by Gasteiger charge is 2.48. The third kappa shape index (κ3) is 3.01. The number of carbonyl (C=O) groups is 3. The SMILES string of the molecule is O=C1[C@@H]2CCCC[C@H]2C(=O)N1CCC(=O)N1CCC[C@H]1c1ccsc1. The molecule has 134 valence electrons. The summed E-state index contributed by atoms with van der Waals surface area (Å²) in [6, 6.07) is 2.24. The van der Waals surface area contributed by atoms with E-state index in [0.717, 1.165) is 45.1 Å². The summed E-state index contributed by atoms with van der Waals surface area (Å²) >= 11 is 1.65. The number of nitrogens with zero attached hydrogens (tertiary/aromatic N) is 2. The summed E-state index contributed by atoms with van der Waals surface area (Å²) in [5.41, 5.74) is 1.20. The summed E-state index contributed by atoms with van der Waals surface area (Å²) in [6.45, 7) is 1.02. The Bertz CT molecular complexity index is 648. The number of imide groups is 1. The number of fused-ring (bicyclic) bond motifs is 1. The second-order valence-corrected chi connectivity index (χ2v) is 8.16. The first kappa shape index (κ1) is 16.8. The van der Waals surface area contributed by atoms with E-state index < -0.39 is 0 Å². The van der Waals surface area contributed by atoms with Crippen molar-refractivity contribution in [1.82, 2.24) is 9.80 Å². The van der Waals surface area contributed by atoms with Crippen LogP contribution in [0.1, 0.15) is 56.6 Å². The highest BCUT2D eigenvalue weighted by atomic mass is 32.1. The highest BCUT2D eigenvalue weighted by Crippen LogP contribution is 2.38. The number of amides is 3. The van der Waals surface area contributed by atoms with Gasteiger partial charge in [-0.1, -0.05) is 12.8 Å². The molecule has 1 aromatic heterocycles. The molecule has 3 aliphatic rings. The molecule has 2 aliphatic heterocycles. The van der Waals surface area contributed by atoms with Crippen LogP contribution in [0.15, 0.2) is 16.8 Å². The van der Waals surface area contributed by atoms with Gasteiger partial charge in [0, 0.05) is 19.5 Å². The standard InChI is InChI=1S/C19H24N2O3S/c22-17(20-9-3-6-16(20)13-8-11-25-12-13)7-10-21-18(23)14-4-1-2-5-15(14)19(21)24/h8,11-12,14-16H,1-7,9-10H2/t14-,15-,16+/m1/s1. The van der Waals surface area contributed by atoms with Crippen LogP contribution in [0.25, 0.3) is 0 Å². The van der Waals surface area contributed by atoms with Crippen LogP contribution >= 0.6 is 11.3 Å². The van der Waals surface area contributed by atoms with E-state index in [1.165, 1.54) is 10.5 Å². The van der Waals surface area contributed by atoms with Crippen LogP contribution in [0, 0.1) is 11.8 Å². The maximum absolute atomic E-state index is 12.7. The Morgan fingerprint density at radius 1 is 1.08 bits per heavy atom. The van der Waals surface area contributed by atoms with Crippen molar-refractivity contribution in [2.75, 3.05) is 13.1 Å². The molecule has 1 aromatic rings. The molecular weight excluding hydrogens is 336 g/mol. The molecule has 5 nitrogen and oxygen atoms in total. The molecule has 0 spiro atoms. The van der Waals surface area contributed by atoms with Gasteiger partial charge in [-0.2, -0.15) is 11.3 Å². The lowest BCUT2D eigenvalue weighted by atomic mass is 9.81. The van der Waals surface area contributed by atoms with Gasteiger partial charge in [-0.15, -0.1) is 0 Å². The third-order valence-electron chi connectivity index (χ3n) is 5.98. The van der Waals surface area contributed by atoms with Crippen LogP contribution in [0.5, 0.6) is 0 Å². The van der Waals surface area contributed by atoms with E-state index in [9.17, 15) is 14.4 Å². The van der Waals surface area contributed by atoms with Crippen LogP contribution in [0.4, 0.5) is 0 Å². The molecule has 3 heterocycles. The molecule has 3 amide bonds. The van der Waals surface area contributed by atoms with Gasteiger partial charge in [-0.3, -0.25) is 19.3 Å². The van der Waals surface area contributed by atoms with Gasteiger partial charge in [0.1, 0.15) is 0 Å². The van der Waals surface area contributed by atoms with Gasteiger partial charge in [0.05, 0.1) is 17.9 Å². The molecular formula is C19H24N2O3S. The van der Waals surface area contributed by atoms with E-state index in [1.807, 2.05) is 10.3 Å². The lowest BCUT2D eigenvalue weighted by molar-refractivity contribution is -0.141. The smallest absolute Gasteiger partial charge is 0.233 e. The monoisotopic (exact) mass is 360 g/mol. The Balaban J connectivity index is 1.38. The Morgan fingerprint density at radius 3 is 2.44 bits per heavy atom. The fraction of sp³-hybridized carbons (Fsp3) is 0.632. The summed E-state index contributed by atoms with van der Waals surface area (Å²) in [5, 5.41) is 4.15. The molecule has 25 heavy (non-hydrogen) atoms. The Morgan fingerprint density at radius 2 is 1.80 bits per heavy atom. The number of carbonyl (C=O) groups excluding carboxylic acids is 3. The number of hydrogen-bond acceptors (Lipinski definition) is 4. The molecule has 0 N–H and O–H groups in total. The predicted octanol–water partition coefficient (Wildman–Crippen LogP) is 2.98. The van der Waals surface area contributed by atoms with Gasteiger partial charge in [-0.25, -0.2) is 0 Å². The minimum Gasteiger partial charge on any atom is -0.336 e. The number of likely N-dealkylation sites (tertiary alicyclic amines) is 2. The average Bonchev–Trinajstić information content (AvgIpc) is 3.35. The fourth-order valence-electron chi connectivity index (χ4n) is 4.68.